The van der Waals surface area contributed by atoms with E-state index in [9.17, 15) is 4.79 Å². The number of hydrogen-bond donors (Lipinski definition) is 2. The molecule has 0 radical (unpaired) electrons. The molecule has 2 rings (SSSR count). The van der Waals surface area contributed by atoms with Crippen LogP contribution in [0.1, 0.15) is 26.2 Å². The fraction of sp³-hybridized carbons (Fsp3) is 0.538. The second-order valence-electron chi connectivity index (χ2n) is 4.53. The van der Waals surface area contributed by atoms with Gasteiger partial charge in [0.05, 0.1) is 5.69 Å². The fourth-order valence-corrected chi connectivity index (χ4v) is 3.59. The van der Waals surface area contributed by atoms with Crippen LogP contribution in [0, 0.1) is 0 Å². The van der Waals surface area contributed by atoms with E-state index >= 15 is 0 Å². The number of halogens is 1. The number of amides is 2. The monoisotopic (exact) mass is 299 g/mol. The Bertz CT molecular complexity index is 444. The van der Waals surface area contributed by atoms with Crippen LogP contribution >= 0.6 is 23.4 Å². The first-order valence-electron chi connectivity index (χ1n) is 6.48. The maximum Gasteiger partial charge on any atom is 0.319 e. The molecule has 0 aliphatic heterocycles. The Morgan fingerprint density at radius 1 is 1.58 bits per heavy atom. The lowest BCUT2D eigenvalue weighted by Gasteiger charge is -2.14. The third kappa shape index (κ3) is 4.28. The average Bonchev–Trinajstić information content (AvgIpc) is 2.80. The Balaban J connectivity index is 1.81. The number of anilines is 1. The van der Waals surface area contributed by atoms with Crippen LogP contribution in [0.25, 0.3) is 0 Å². The summed E-state index contributed by atoms with van der Waals surface area (Å²) in [6.07, 6.45) is 4.87. The van der Waals surface area contributed by atoms with Crippen LogP contribution in [-0.4, -0.2) is 28.1 Å². The van der Waals surface area contributed by atoms with Gasteiger partial charge in [0.1, 0.15) is 0 Å². The molecule has 0 spiro atoms. The van der Waals surface area contributed by atoms with Crippen molar-refractivity contribution in [3.8, 4) is 0 Å². The Morgan fingerprint density at radius 3 is 3.16 bits per heavy atom. The molecule has 1 aromatic heterocycles. The summed E-state index contributed by atoms with van der Waals surface area (Å²) in [4.78, 5) is 15.8. The molecule has 1 heterocycles. The molecule has 0 bridgehead atoms. The Morgan fingerprint density at radius 2 is 2.42 bits per heavy atom. The maximum atomic E-state index is 11.9. The van der Waals surface area contributed by atoms with Crippen LogP contribution in [0.3, 0.4) is 0 Å². The number of thioether (sulfide) groups is 1. The standard InChI is InChI=1S/C13H18ClN3OS/c1-2-19-10-6-5-9(8-10)16-13(18)17-11-4-3-7-15-12(11)14/h3-4,7,9-10H,2,5-6,8H2,1H3,(H2,16,17,18)/t9-,10-/m0/s1. The van der Waals surface area contributed by atoms with Gasteiger partial charge in [-0.1, -0.05) is 18.5 Å². The van der Waals surface area contributed by atoms with Crippen molar-refractivity contribution in [2.75, 3.05) is 11.1 Å². The van der Waals surface area contributed by atoms with E-state index in [2.05, 4.69) is 22.5 Å². The van der Waals surface area contributed by atoms with Gasteiger partial charge in [-0.25, -0.2) is 9.78 Å². The number of aromatic nitrogens is 1. The Labute approximate surface area is 122 Å². The summed E-state index contributed by atoms with van der Waals surface area (Å²) in [6.45, 7) is 2.17. The summed E-state index contributed by atoms with van der Waals surface area (Å²) in [7, 11) is 0. The number of nitrogens with one attached hydrogen (secondary N) is 2. The van der Waals surface area contributed by atoms with Crippen LogP contribution in [0.2, 0.25) is 5.15 Å². The van der Waals surface area contributed by atoms with Gasteiger partial charge in [0.25, 0.3) is 0 Å². The molecule has 1 fully saturated rings. The van der Waals surface area contributed by atoms with Gasteiger partial charge in [-0.05, 0) is 37.1 Å². The minimum Gasteiger partial charge on any atom is -0.335 e. The van der Waals surface area contributed by atoms with Gasteiger partial charge in [-0.3, -0.25) is 0 Å². The maximum absolute atomic E-state index is 11.9. The zero-order chi connectivity index (χ0) is 13.7. The lowest BCUT2D eigenvalue weighted by atomic mass is 10.2. The molecule has 6 heteroatoms. The smallest absolute Gasteiger partial charge is 0.319 e. The number of urea groups is 1. The molecule has 1 aliphatic carbocycles. The van der Waals surface area contributed by atoms with Crippen LogP contribution in [0.15, 0.2) is 18.3 Å². The summed E-state index contributed by atoms with van der Waals surface area (Å²) < 4.78 is 0. The number of hydrogen-bond acceptors (Lipinski definition) is 3. The van der Waals surface area contributed by atoms with Crippen molar-refractivity contribution in [2.45, 2.75) is 37.5 Å². The number of carbonyl (C=O) groups excluding carboxylic acids is 1. The van der Waals surface area contributed by atoms with E-state index in [0.717, 1.165) is 18.6 Å². The van der Waals surface area contributed by atoms with Crippen molar-refractivity contribution in [3.63, 3.8) is 0 Å². The molecule has 0 aromatic carbocycles. The first-order chi connectivity index (χ1) is 9.19. The van der Waals surface area contributed by atoms with E-state index in [-0.39, 0.29) is 12.1 Å². The fourth-order valence-electron chi connectivity index (χ4n) is 2.28. The largest absolute Gasteiger partial charge is 0.335 e. The average molecular weight is 300 g/mol. The normalized spacial score (nSPS) is 22.2. The molecular formula is C13H18ClN3OS. The molecule has 1 aromatic rings. The molecule has 19 heavy (non-hydrogen) atoms. The SMILES string of the molecule is CCS[C@H]1CC[C@H](NC(=O)Nc2cccnc2Cl)C1. The first-order valence-corrected chi connectivity index (χ1v) is 7.91. The third-order valence-electron chi connectivity index (χ3n) is 3.13. The van der Waals surface area contributed by atoms with Crippen molar-refractivity contribution in [2.24, 2.45) is 0 Å². The van der Waals surface area contributed by atoms with E-state index < -0.39 is 0 Å². The van der Waals surface area contributed by atoms with Gasteiger partial charge < -0.3 is 10.6 Å². The lowest BCUT2D eigenvalue weighted by molar-refractivity contribution is 0.248. The molecule has 2 atom stereocenters. The zero-order valence-electron chi connectivity index (χ0n) is 10.9. The zero-order valence-corrected chi connectivity index (χ0v) is 12.4. The molecule has 4 nitrogen and oxygen atoms in total. The van der Waals surface area contributed by atoms with Gasteiger partial charge in [-0.15, -0.1) is 0 Å². The van der Waals surface area contributed by atoms with Crippen LogP contribution in [0.5, 0.6) is 0 Å². The van der Waals surface area contributed by atoms with Crippen molar-refractivity contribution < 1.29 is 4.79 Å². The van der Waals surface area contributed by atoms with Gasteiger partial charge >= 0.3 is 6.03 Å². The molecule has 0 unspecified atom stereocenters. The summed E-state index contributed by atoms with van der Waals surface area (Å²) >= 11 is 7.87. The third-order valence-corrected chi connectivity index (χ3v) is 4.66. The highest BCUT2D eigenvalue weighted by atomic mass is 35.5. The van der Waals surface area contributed by atoms with Crippen LogP contribution in [0.4, 0.5) is 10.5 Å². The highest BCUT2D eigenvalue weighted by Gasteiger charge is 2.25. The lowest BCUT2D eigenvalue weighted by Crippen LogP contribution is -2.36. The topological polar surface area (TPSA) is 54.0 Å². The van der Waals surface area contributed by atoms with Crippen molar-refractivity contribution in [1.29, 1.82) is 0 Å². The van der Waals surface area contributed by atoms with Gasteiger partial charge in [0.2, 0.25) is 0 Å². The van der Waals surface area contributed by atoms with Gasteiger partial charge in [0, 0.05) is 17.5 Å². The van der Waals surface area contributed by atoms with E-state index in [1.165, 1.54) is 6.42 Å². The molecule has 1 aliphatic rings. The predicted molar refractivity (Wildman–Crippen MR) is 81.0 cm³/mol. The van der Waals surface area contributed by atoms with E-state index in [0.29, 0.717) is 16.1 Å². The predicted octanol–water partition coefficient (Wildman–Crippen LogP) is 3.53. The number of carbonyl (C=O) groups is 1. The minimum absolute atomic E-state index is 0.206. The molecule has 2 amide bonds. The molecular weight excluding hydrogens is 282 g/mol. The summed E-state index contributed by atoms with van der Waals surface area (Å²) in [6, 6.07) is 3.53. The van der Waals surface area contributed by atoms with Gasteiger partial charge in [-0.2, -0.15) is 11.8 Å². The number of nitrogens with zero attached hydrogens (tertiary/aromatic N) is 1. The van der Waals surface area contributed by atoms with Crippen molar-refractivity contribution in [1.82, 2.24) is 10.3 Å². The number of pyridine rings is 1. The molecule has 0 saturated heterocycles. The molecule has 1 saturated carbocycles. The van der Waals surface area contributed by atoms with E-state index in [1.807, 2.05) is 11.8 Å². The summed E-state index contributed by atoms with van der Waals surface area (Å²) in [5.41, 5.74) is 0.541. The number of rotatable bonds is 4. The highest BCUT2D eigenvalue weighted by molar-refractivity contribution is 7.99. The van der Waals surface area contributed by atoms with E-state index in [1.54, 1.807) is 18.3 Å². The summed E-state index contributed by atoms with van der Waals surface area (Å²) in [5, 5.41) is 6.71. The summed E-state index contributed by atoms with van der Waals surface area (Å²) in [5.74, 6) is 1.13. The first kappa shape index (κ1) is 14.5. The van der Waals surface area contributed by atoms with Gasteiger partial charge in [0.15, 0.2) is 5.15 Å². The quantitative estimate of drug-likeness (QED) is 0.836. The highest BCUT2D eigenvalue weighted by Crippen LogP contribution is 2.29. The van der Waals surface area contributed by atoms with Crippen molar-refractivity contribution in [3.05, 3.63) is 23.5 Å². The van der Waals surface area contributed by atoms with Crippen LogP contribution in [-0.2, 0) is 0 Å². The Kier molecular flexibility index (Phi) is 5.34. The van der Waals surface area contributed by atoms with E-state index in [4.69, 9.17) is 11.6 Å². The van der Waals surface area contributed by atoms with Crippen LogP contribution < -0.4 is 10.6 Å². The second kappa shape index (κ2) is 7.01. The Hall–Kier alpha value is -0.940. The minimum atomic E-state index is -0.206. The second-order valence-corrected chi connectivity index (χ2v) is 6.46. The molecule has 104 valence electrons. The van der Waals surface area contributed by atoms with Crippen molar-refractivity contribution >= 4 is 35.1 Å². The molecule has 2 N–H and O–H groups in total.